The molecule has 0 radical (unpaired) electrons. The van der Waals surface area contributed by atoms with E-state index < -0.39 is 11.9 Å². The minimum absolute atomic E-state index is 0.106. The van der Waals surface area contributed by atoms with Gasteiger partial charge in [-0.05, 0) is 40.5 Å². The van der Waals surface area contributed by atoms with Crippen molar-refractivity contribution in [2.45, 2.75) is 64.5 Å². The third-order valence-electron chi connectivity index (χ3n) is 2.60. The Bertz CT molecular complexity index is 256. The van der Waals surface area contributed by atoms with Crippen LogP contribution in [0.15, 0.2) is 0 Å². The van der Waals surface area contributed by atoms with E-state index >= 15 is 0 Å². The van der Waals surface area contributed by atoms with Crippen molar-refractivity contribution < 1.29 is 19.8 Å². The monoisotopic (exact) mass is 245 g/mol. The van der Waals surface area contributed by atoms with Crippen LogP contribution in [0.25, 0.3) is 0 Å². The van der Waals surface area contributed by atoms with E-state index in [9.17, 15) is 9.59 Å². The van der Waals surface area contributed by atoms with Gasteiger partial charge < -0.3 is 15.5 Å². The largest absolute Gasteiger partial charge is 0.481 e. The van der Waals surface area contributed by atoms with Gasteiger partial charge in [0.05, 0.1) is 0 Å². The average Bonchev–Trinajstić information content (AvgIpc) is 2.10. The van der Waals surface area contributed by atoms with E-state index in [1.807, 2.05) is 27.7 Å². The van der Waals surface area contributed by atoms with Crippen LogP contribution in [0.2, 0.25) is 0 Å². The lowest BCUT2D eigenvalue weighted by Gasteiger charge is -2.37. The van der Waals surface area contributed by atoms with Gasteiger partial charge in [0.1, 0.15) is 0 Å². The van der Waals surface area contributed by atoms with Crippen molar-refractivity contribution in [2.24, 2.45) is 0 Å². The summed E-state index contributed by atoms with van der Waals surface area (Å²) in [5.41, 5.74) is -0.638. The average molecular weight is 245 g/mol. The SMILES string of the molecule is CC(C)(CCC(=O)O)NC(C)(C)CCC(=O)O. The second-order valence-electron chi connectivity index (χ2n) is 5.68. The molecule has 0 aliphatic heterocycles. The molecule has 5 nitrogen and oxygen atoms in total. The second kappa shape index (κ2) is 6.00. The van der Waals surface area contributed by atoms with Crippen LogP contribution < -0.4 is 5.32 Å². The zero-order chi connectivity index (χ0) is 13.7. The summed E-state index contributed by atoms with van der Waals surface area (Å²) in [4.78, 5) is 21.0. The molecule has 0 aromatic carbocycles. The minimum Gasteiger partial charge on any atom is -0.481 e. The molecule has 3 N–H and O–H groups in total. The van der Waals surface area contributed by atoms with Crippen LogP contribution in [0, 0.1) is 0 Å². The smallest absolute Gasteiger partial charge is 0.303 e. The van der Waals surface area contributed by atoms with E-state index in [-0.39, 0.29) is 23.9 Å². The summed E-state index contributed by atoms with van der Waals surface area (Å²) in [6.45, 7) is 7.72. The Morgan fingerprint density at radius 2 is 1.18 bits per heavy atom. The Kier molecular flexibility index (Phi) is 5.61. The number of carboxylic acids is 2. The Hall–Kier alpha value is -1.10. The van der Waals surface area contributed by atoms with Gasteiger partial charge in [-0.15, -0.1) is 0 Å². The summed E-state index contributed by atoms with van der Waals surface area (Å²) in [5.74, 6) is -1.63. The topological polar surface area (TPSA) is 86.6 Å². The maximum atomic E-state index is 10.5. The van der Waals surface area contributed by atoms with Crippen molar-refractivity contribution in [3.8, 4) is 0 Å². The Morgan fingerprint density at radius 1 is 0.882 bits per heavy atom. The van der Waals surface area contributed by atoms with Crippen LogP contribution in [0.1, 0.15) is 53.4 Å². The molecular formula is C12H23NO4. The highest BCUT2D eigenvalue weighted by Crippen LogP contribution is 2.20. The number of hydrogen-bond donors (Lipinski definition) is 3. The first kappa shape index (κ1) is 15.9. The molecule has 100 valence electrons. The van der Waals surface area contributed by atoms with Gasteiger partial charge >= 0.3 is 11.9 Å². The van der Waals surface area contributed by atoms with Crippen molar-refractivity contribution in [3.63, 3.8) is 0 Å². The molecule has 0 rings (SSSR count). The van der Waals surface area contributed by atoms with Crippen LogP contribution in [0.5, 0.6) is 0 Å². The second-order valence-corrected chi connectivity index (χ2v) is 5.68. The predicted octanol–water partition coefficient (Wildman–Crippen LogP) is 1.86. The maximum Gasteiger partial charge on any atom is 0.303 e. The van der Waals surface area contributed by atoms with E-state index in [4.69, 9.17) is 10.2 Å². The van der Waals surface area contributed by atoms with Crippen LogP contribution in [-0.2, 0) is 9.59 Å². The molecule has 0 aromatic heterocycles. The Labute approximate surface area is 102 Å². The Balaban J connectivity index is 4.26. The molecule has 0 amide bonds. The predicted molar refractivity (Wildman–Crippen MR) is 65.0 cm³/mol. The van der Waals surface area contributed by atoms with Crippen molar-refractivity contribution in [1.82, 2.24) is 5.32 Å². The first-order chi connectivity index (χ1) is 7.54. The highest BCUT2D eigenvalue weighted by molar-refractivity contribution is 5.67. The molecule has 17 heavy (non-hydrogen) atoms. The fourth-order valence-corrected chi connectivity index (χ4v) is 1.88. The molecule has 0 unspecified atom stereocenters. The van der Waals surface area contributed by atoms with Crippen molar-refractivity contribution in [2.75, 3.05) is 0 Å². The lowest BCUT2D eigenvalue weighted by molar-refractivity contribution is -0.138. The lowest BCUT2D eigenvalue weighted by atomic mass is 9.90. The van der Waals surface area contributed by atoms with E-state index in [2.05, 4.69) is 5.32 Å². The molecule has 0 spiro atoms. The van der Waals surface area contributed by atoms with Gasteiger partial charge in [0.2, 0.25) is 0 Å². The fourth-order valence-electron chi connectivity index (χ4n) is 1.88. The summed E-state index contributed by atoms with van der Waals surface area (Å²) >= 11 is 0. The van der Waals surface area contributed by atoms with Crippen LogP contribution >= 0.6 is 0 Å². The minimum atomic E-state index is -0.816. The van der Waals surface area contributed by atoms with Crippen molar-refractivity contribution >= 4 is 11.9 Å². The number of rotatable bonds is 8. The van der Waals surface area contributed by atoms with Crippen LogP contribution in [0.3, 0.4) is 0 Å². The standard InChI is InChI=1S/C12H23NO4/c1-11(2,7-5-9(14)15)13-12(3,4)8-6-10(16)17/h13H,5-8H2,1-4H3,(H,14,15)(H,16,17). The van der Waals surface area contributed by atoms with E-state index in [0.29, 0.717) is 12.8 Å². The number of carbonyl (C=O) groups is 2. The summed E-state index contributed by atoms with van der Waals surface area (Å²) in [6.07, 6.45) is 1.24. The van der Waals surface area contributed by atoms with Gasteiger partial charge in [-0.3, -0.25) is 9.59 Å². The maximum absolute atomic E-state index is 10.5. The molecule has 0 aromatic rings. The van der Waals surface area contributed by atoms with Gasteiger partial charge in [-0.2, -0.15) is 0 Å². The van der Waals surface area contributed by atoms with E-state index in [0.717, 1.165) is 0 Å². The molecule has 0 saturated carbocycles. The lowest BCUT2D eigenvalue weighted by Crippen LogP contribution is -2.52. The normalized spacial score (nSPS) is 12.5. The molecule has 0 bridgehead atoms. The molecule has 0 aliphatic carbocycles. The molecular weight excluding hydrogens is 222 g/mol. The van der Waals surface area contributed by atoms with Gasteiger partial charge in [-0.25, -0.2) is 0 Å². The molecule has 0 heterocycles. The van der Waals surface area contributed by atoms with E-state index in [1.165, 1.54) is 0 Å². The summed E-state index contributed by atoms with van der Waals surface area (Å²) < 4.78 is 0. The van der Waals surface area contributed by atoms with Gasteiger partial charge in [0.25, 0.3) is 0 Å². The van der Waals surface area contributed by atoms with Crippen LogP contribution in [0.4, 0.5) is 0 Å². The summed E-state index contributed by atoms with van der Waals surface area (Å²) in [6, 6.07) is 0. The molecule has 0 fully saturated rings. The summed E-state index contributed by atoms with van der Waals surface area (Å²) in [7, 11) is 0. The highest BCUT2D eigenvalue weighted by atomic mass is 16.4. The quantitative estimate of drug-likeness (QED) is 0.607. The Morgan fingerprint density at radius 3 is 1.41 bits per heavy atom. The first-order valence-electron chi connectivity index (χ1n) is 5.77. The first-order valence-corrected chi connectivity index (χ1v) is 5.77. The molecule has 0 aliphatic rings. The fraction of sp³-hybridized carbons (Fsp3) is 0.833. The van der Waals surface area contributed by atoms with Gasteiger partial charge in [-0.1, -0.05) is 0 Å². The number of nitrogens with one attached hydrogen (secondary N) is 1. The zero-order valence-corrected chi connectivity index (χ0v) is 11.0. The van der Waals surface area contributed by atoms with Crippen molar-refractivity contribution in [1.29, 1.82) is 0 Å². The molecule has 0 saturated heterocycles. The number of aliphatic carboxylic acids is 2. The molecule has 5 heteroatoms. The number of hydrogen-bond acceptors (Lipinski definition) is 3. The van der Waals surface area contributed by atoms with Crippen LogP contribution in [-0.4, -0.2) is 33.2 Å². The number of carboxylic acid groups (broad SMARTS) is 2. The molecule has 0 atom stereocenters. The third-order valence-corrected chi connectivity index (χ3v) is 2.60. The van der Waals surface area contributed by atoms with E-state index in [1.54, 1.807) is 0 Å². The van der Waals surface area contributed by atoms with Crippen molar-refractivity contribution in [3.05, 3.63) is 0 Å². The van der Waals surface area contributed by atoms with Gasteiger partial charge in [0.15, 0.2) is 0 Å². The third kappa shape index (κ3) is 8.68. The zero-order valence-electron chi connectivity index (χ0n) is 11.0. The highest BCUT2D eigenvalue weighted by Gasteiger charge is 2.28. The van der Waals surface area contributed by atoms with Gasteiger partial charge in [0, 0.05) is 23.9 Å². The summed E-state index contributed by atoms with van der Waals surface area (Å²) in [5, 5.41) is 20.6.